The quantitative estimate of drug-likeness (QED) is 0.799. The summed E-state index contributed by atoms with van der Waals surface area (Å²) in [7, 11) is 0. The molecule has 0 heterocycles. The first kappa shape index (κ1) is 17.8. The summed E-state index contributed by atoms with van der Waals surface area (Å²) in [6.45, 7) is 7.65. The Morgan fingerprint density at radius 1 is 1.08 bits per heavy atom. The van der Waals surface area contributed by atoms with Crippen molar-refractivity contribution in [2.45, 2.75) is 84.3 Å². The van der Waals surface area contributed by atoms with Gasteiger partial charge in [-0.1, -0.05) is 13.8 Å². The van der Waals surface area contributed by atoms with E-state index in [4.69, 9.17) is 4.74 Å². The Labute approximate surface area is 153 Å². The van der Waals surface area contributed by atoms with Gasteiger partial charge >= 0.3 is 0 Å². The molecule has 0 unspecified atom stereocenters. The number of fused-ring (bicyclic) bond motifs is 5. The molecule has 0 spiro atoms. The molecule has 0 saturated heterocycles. The first-order chi connectivity index (χ1) is 11.9. The zero-order chi connectivity index (χ0) is 17.8. The van der Waals surface area contributed by atoms with Crippen LogP contribution in [0.1, 0.15) is 72.1 Å². The molecule has 4 rings (SSSR count). The fourth-order valence-electron chi connectivity index (χ4n) is 7.85. The van der Waals surface area contributed by atoms with Crippen molar-refractivity contribution in [3.63, 3.8) is 0 Å². The van der Waals surface area contributed by atoms with Crippen LogP contribution in [0.5, 0.6) is 0 Å². The molecule has 3 heteroatoms. The predicted octanol–water partition coefficient (Wildman–Crippen LogP) is 4.54. The molecule has 4 fully saturated rings. The van der Waals surface area contributed by atoms with Gasteiger partial charge in [-0.2, -0.15) is 5.26 Å². The number of nitriles is 1. The number of ether oxygens (including phenoxy) is 1. The molecule has 0 aromatic heterocycles. The van der Waals surface area contributed by atoms with E-state index in [1.807, 2.05) is 6.92 Å². The Balaban J connectivity index is 1.60. The minimum atomic E-state index is -0.280. The van der Waals surface area contributed by atoms with Gasteiger partial charge in [-0.3, -0.25) is 0 Å². The summed E-state index contributed by atoms with van der Waals surface area (Å²) in [6.07, 6.45) is 9.14. The lowest BCUT2D eigenvalue weighted by molar-refractivity contribution is -0.169. The summed E-state index contributed by atoms with van der Waals surface area (Å²) < 4.78 is 5.94. The number of aliphatic hydroxyl groups is 1. The van der Waals surface area contributed by atoms with Crippen molar-refractivity contribution in [3.05, 3.63) is 0 Å². The van der Waals surface area contributed by atoms with E-state index >= 15 is 0 Å². The Hall–Kier alpha value is -0.590. The van der Waals surface area contributed by atoms with E-state index in [1.165, 1.54) is 32.1 Å². The van der Waals surface area contributed by atoms with E-state index in [0.717, 1.165) is 37.0 Å². The van der Waals surface area contributed by atoms with Gasteiger partial charge in [-0.25, -0.2) is 0 Å². The Morgan fingerprint density at radius 2 is 1.84 bits per heavy atom. The summed E-state index contributed by atoms with van der Waals surface area (Å²) in [5, 5.41) is 20.2. The lowest BCUT2D eigenvalue weighted by Crippen LogP contribution is -2.57. The molecule has 0 radical (unpaired) electrons. The van der Waals surface area contributed by atoms with Crippen LogP contribution in [0.3, 0.4) is 0 Å². The largest absolute Gasteiger partial charge is 0.390 e. The lowest BCUT2D eigenvalue weighted by atomic mass is 9.44. The van der Waals surface area contributed by atoms with Gasteiger partial charge in [-0.05, 0) is 92.8 Å². The summed E-state index contributed by atoms with van der Waals surface area (Å²) >= 11 is 0. The first-order valence-electron chi connectivity index (χ1n) is 10.6. The molecule has 4 saturated carbocycles. The third-order valence-corrected chi connectivity index (χ3v) is 9.20. The molecule has 0 aromatic rings. The second-order valence-corrected chi connectivity index (χ2v) is 9.96. The van der Waals surface area contributed by atoms with Crippen molar-refractivity contribution >= 4 is 0 Å². The van der Waals surface area contributed by atoms with Crippen molar-refractivity contribution < 1.29 is 9.84 Å². The molecule has 1 N–H and O–H groups in total. The van der Waals surface area contributed by atoms with Crippen molar-refractivity contribution in [2.75, 3.05) is 6.61 Å². The highest BCUT2D eigenvalue weighted by Gasteiger charge is 2.61. The maximum Gasteiger partial charge on any atom is 0.0839 e. The minimum Gasteiger partial charge on any atom is -0.390 e. The SMILES string of the molecule is CCO[C@H]1C[C@@]2(C)[C@@H](CC[C@@H]3[C@@H]2CC[C@]2(C)[C@H](C#N)CC[C@@H]32)C[C@@H]1O. The van der Waals surface area contributed by atoms with Crippen LogP contribution in [0.2, 0.25) is 0 Å². The summed E-state index contributed by atoms with van der Waals surface area (Å²) in [5.41, 5.74) is 0.570. The normalized spacial score (nSPS) is 54.9. The zero-order valence-electron chi connectivity index (χ0n) is 16.2. The third kappa shape index (κ3) is 2.51. The molecule has 25 heavy (non-hydrogen) atoms. The molecular formula is C22H35NO2. The Bertz CT molecular complexity index is 557. The van der Waals surface area contributed by atoms with Crippen molar-refractivity contribution in [1.29, 1.82) is 5.26 Å². The highest BCUT2D eigenvalue weighted by Crippen LogP contribution is 2.67. The summed E-state index contributed by atoms with van der Waals surface area (Å²) in [6, 6.07) is 2.64. The number of rotatable bonds is 2. The maximum atomic E-state index is 10.5. The number of hydrogen-bond donors (Lipinski definition) is 1. The van der Waals surface area contributed by atoms with Crippen LogP contribution in [0.4, 0.5) is 0 Å². The van der Waals surface area contributed by atoms with Crippen LogP contribution >= 0.6 is 0 Å². The van der Waals surface area contributed by atoms with E-state index < -0.39 is 0 Å². The van der Waals surface area contributed by atoms with E-state index in [1.54, 1.807) is 0 Å². The minimum absolute atomic E-state index is 0.0220. The number of nitrogens with zero attached hydrogens (tertiary/aromatic N) is 1. The molecule has 0 amide bonds. The Kier molecular flexibility index (Phi) is 4.44. The van der Waals surface area contributed by atoms with E-state index in [0.29, 0.717) is 17.9 Å². The number of hydrogen-bond acceptors (Lipinski definition) is 3. The fraction of sp³-hybridized carbons (Fsp3) is 0.955. The average molecular weight is 346 g/mol. The summed E-state index contributed by atoms with van der Waals surface area (Å²) in [5.74, 6) is 3.21. The third-order valence-electron chi connectivity index (χ3n) is 9.20. The van der Waals surface area contributed by atoms with E-state index in [2.05, 4.69) is 19.9 Å². The standard InChI is InChI=1S/C22H35NO2/c1-4-25-20-12-22(3)14(11-19(20)24)5-7-16-17-8-6-15(13-23)21(17,2)10-9-18(16)22/h14-20,24H,4-12H2,1-3H3/t14-,15-,16-,17-,18-,19-,20-,21+,22-/m0/s1. The van der Waals surface area contributed by atoms with Crippen LogP contribution in [0.25, 0.3) is 0 Å². The summed E-state index contributed by atoms with van der Waals surface area (Å²) in [4.78, 5) is 0. The van der Waals surface area contributed by atoms with Crippen molar-refractivity contribution in [1.82, 2.24) is 0 Å². The maximum absolute atomic E-state index is 10.5. The second kappa shape index (κ2) is 6.24. The molecule has 4 aliphatic carbocycles. The van der Waals surface area contributed by atoms with Gasteiger partial charge in [0.05, 0.1) is 24.2 Å². The first-order valence-corrected chi connectivity index (χ1v) is 10.6. The molecule has 0 aromatic carbocycles. The van der Waals surface area contributed by atoms with Crippen LogP contribution in [0, 0.1) is 51.8 Å². The number of aliphatic hydroxyl groups excluding tert-OH is 1. The van der Waals surface area contributed by atoms with Crippen LogP contribution < -0.4 is 0 Å². The molecule has 0 bridgehead atoms. The molecule has 4 aliphatic rings. The van der Waals surface area contributed by atoms with Crippen LogP contribution in [-0.2, 0) is 4.74 Å². The van der Waals surface area contributed by atoms with Gasteiger partial charge < -0.3 is 9.84 Å². The molecule has 140 valence electrons. The molecule has 3 nitrogen and oxygen atoms in total. The van der Waals surface area contributed by atoms with Gasteiger partial charge in [0.1, 0.15) is 0 Å². The lowest BCUT2D eigenvalue weighted by Gasteiger charge is -2.61. The van der Waals surface area contributed by atoms with Gasteiger partial charge in [-0.15, -0.1) is 0 Å². The van der Waals surface area contributed by atoms with Gasteiger partial charge in [0.25, 0.3) is 0 Å². The smallest absolute Gasteiger partial charge is 0.0839 e. The predicted molar refractivity (Wildman–Crippen MR) is 97.6 cm³/mol. The van der Waals surface area contributed by atoms with Gasteiger partial charge in [0, 0.05) is 6.61 Å². The topological polar surface area (TPSA) is 53.2 Å². The molecular weight excluding hydrogens is 310 g/mol. The van der Waals surface area contributed by atoms with Gasteiger partial charge in [0.15, 0.2) is 0 Å². The van der Waals surface area contributed by atoms with Crippen molar-refractivity contribution in [3.8, 4) is 6.07 Å². The van der Waals surface area contributed by atoms with Gasteiger partial charge in [0.2, 0.25) is 0 Å². The average Bonchev–Trinajstić information content (AvgIpc) is 2.93. The fourth-order valence-corrected chi connectivity index (χ4v) is 7.85. The molecule has 9 atom stereocenters. The second-order valence-electron chi connectivity index (χ2n) is 9.96. The molecule has 0 aliphatic heterocycles. The highest BCUT2D eigenvalue weighted by molar-refractivity contribution is 5.13. The van der Waals surface area contributed by atoms with Crippen LogP contribution in [-0.4, -0.2) is 23.9 Å². The highest BCUT2D eigenvalue weighted by atomic mass is 16.5. The van der Waals surface area contributed by atoms with Crippen molar-refractivity contribution in [2.24, 2.45) is 40.4 Å². The van der Waals surface area contributed by atoms with Crippen LogP contribution in [0.15, 0.2) is 0 Å². The zero-order valence-corrected chi connectivity index (χ0v) is 16.2. The Morgan fingerprint density at radius 3 is 2.56 bits per heavy atom. The van der Waals surface area contributed by atoms with E-state index in [-0.39, 0.29) is 23.5 Å². The van der Waals surface area contributed by atoms with E-state index in [9.17, 15) is 10.4 Å². The monoisotopic (exact) mass is 345 g/mol.